The highest BCUT2D eigenvalue weighted by atomic mass is 16.5. The summed E-state index contributed by atoms with van der Waals surface area (Å²) in [7, 11) is 9.14. The van der Waals surface area contributed by atoms with Gasteiger partial charge in [-0.25, -0.2) is 0 Å². The second kappa shape index (κ2) is 32.8. The maximum atomic E-state index is 7.22. The molecule has 2 aromatic heterocycles. The van der Waals surface area contributed by atoms with Crippen LogP contribution in [0.25, 0.3) is 0 Å². The average molecular weight is 1080 g/mol. The van der Waals surface area contributed by atoms with Crippen molar-refractivity contribution in [3.8, 4) is 0 Å². The van der Waals surface area contributed by atoms with Crippen molar-refractivity contribution in [2.45, 2.75) is 210 Å². The number of likely N-dealkylation sites (N-methyl/N-ethyl adjacent to an activating group) is 4. The maximum absolute atomic E-state index is 7.22. The molecule has 1 aliphatic heterocycles. The lowest BCUT2D eigenvalue weighted by molar-refractivity contribution is -0.0536. The van der Waals surface area contributed by atoms with Gasteiger partial charge in [0.1, 0.15) is 0 Å². The number of benzene rings is 2. The highest BCUT2D eigenvalue weighted by Crippen LogP contribution is 2.23. The zero-order valence-corrected chi connectivity index (χ0v) is 52.6. The summed E-state index contributed by atoms with van der Waals surface area (Å²) in [6, 6.07) is 23.8. The van der Waals surface area contributed by atoms with Gasteiger partial charge in [0.25, 0.3) is 0 Å². The summed E-state index contributed by atoms with van der Waals surface area (Å²) in [5.41, 5.74) is 9.81. The predicted molar refractivity (Wildman–Crippen MR) is 325 cm³/mol. The molecule has 0 N–H and O–H groups in total. The number of aryl methyl sites for hydroxylation is 4. The molecule has 1 fully saturated rings. The predicted octanol–water partition coefficient (Wildman–Crippen LogP) is 11.7. The van der Waals surface area contributed by atoms with Crippen LogP contribution < -0.4 is 0 Å². The monoisotopic (exact) mass is 1080 g/mol. The zero-order valence-electron chi connectivity index (χ0n) is 52.6. The van der Waals surface area contributed by atoms with Gasteiger partial charge in [-0.1, -0.05) is 118 Å². The first-order valence-electron chi connectivity index (χ1n) is 30.6. The van der Waals surface area contributed by atoms with E-state index in [1.807, 2.05) is 0 Å². The van der Waals surface area contributed by atoms with Gasteiger partial charge in [-0.05, 0) is 165 Å². The SMILES string of the molecule is CCc1cc(C)n(Cc2ccc(C[C@@H]3CN(C)[C@@H](CC(C)C)CO[C@H](C)CN(C)[C@@H](CC(C)C)CO[C@H](Cc4ccc(Cn5nc(C)cc5CC)cc4)CN(C)[C@@H](CC(C)C)CO[C@H](C)CN(C)[C@@H](CC(C)C)CO3)cc2)n1. The normalized spacial score (nSPS) is 24.7. The molecule has 0 bridgehead atoms. The molecule has 2 aromatic carbocycles. The molecule has 5 rings (SSSR count). The Labute approximate surface area is 476 Å². The summed E-state index contributed by atoms with van der Waals surface area (Å²) in [6.07, 6.45) is 7.89. The minimum Gasteiger partial charge on any atom is -0.376 e. The summed E-state index contributed by atoms with van der Waals surface area (Å²) in [4.78, 5) is 10.1. The third-order valence-electron chi connectivity index (χ3n) is 16.1. The summed E-state index contributed by atoms with van der Waals surface area (Å²) in [6.45, 7) is 39.3. The second-order valence-corrected chi connectivity index (χ2v) is 25.7. The molecule has 78 heavy (non-hydrogen) atoms. The number of rotatable bonds is 18. The third-order valence-corrected chi connectivity index (χ3v) is 16.1. The fraction of sp³-hybridized carbons (Fsp3) is 0.727. The number of aromatic nitrogens is 4. The van der Waals surface area contributed by atoms with E-state index in [9.17, 15) is 0 Å². The average Bonchev–Trinajstić information content (AvgIpc) is 3.93. The van der Waals surface area contributed by atoms with Gasteiger partial charge >= 0.3 is 0 Å². The first-order chi connectivity index (χ1) is 37.1. The molecule has 0 amide bonds. The van der Waals surface area contributed by atoms with Gasteiger partial charge in [0.15, 0.2) is 0 Å². The molecule has 12 heteroatoms. The van der Waals surface area contributed by atoms with Crippen LogP contribution in [0, 0.1) is 37.5 Å². The third kappa shape index (κ3) is 22.5. The molecule has 0 spiro atoms. The van der Waals surface area contributed by atoms with Gasteiger partial charge in [0.05, 0.1) is 75.3 Å². The molecule has 8 atom stereocenters. The van der Waals surface area contributed by atoms with Crippen molar-refractivity contribution >= 4 is 0 Å². The van der Waals surface area contributed by atoms with Crippen molar-refractivity contribution in [1.29, 1.82) is 0 Å². The summed E-state index contributed by atoms with van der Waals surface area (Å²) in [5, 5.41) is 9.64. The van der Waals surface area contributed by atoms with Gasteiger partial charge in [-0.3, -0.25) is 29.0 Å². The lowest BCUT2D eigenvalue weighted by Gasteiger charge is -2.37. The van der Waals surface area contributed by atoms with E-state index in [0.29, 0.717) is 50.1 Å². The Morgan fingerprint density at radius 2 is 0.821 bits per heavy atom. The highest BCUT2D eigenvalue weighted by Gasteiger charge is 2.29. The minimum absolute atomic E-state index is 0.000229. The molecular weight excluding hydrogens is 969 g/mol. The van der Waals surface area contributed by atoms with Crippen molar-refractivity contribution in [2.24, 2.45) is 23.7 Å². The summed E-state index contributed by atoms with van der Waals surface area (Å²) < 4.78 is 32.6. The summed E-state index contributed by atoms with van der Waals surface area (Å²) in [5.74, 6) is 2.10. The van der Waals surface area contributed by atoms with Crippen LogP contribution in [0.1, 0.15) is 154 Å². The van der Waals surface area contributed by atoms with Gasteiger partial charge in [-0.2, -0.15) is 10.2 Å². The standard InChI is InChI=1S/C66H112N8O4/c1-19-59-34-52(12)73(68-59)39-57-25-21-55(22-26-57)35-65-41-71(17)61(29-47(3)4)43-75-54(14)38-70(16)64(32-50(9)10)46-78-66(36-56-23-27-58(28-24-56)40-74-60(20-2)33-51(11)67-74)42-72(18)62(30-48(5)6)44-76-53(13)37-69(15)63(45-77-65)31-49(7)8/h21-28,33-34,47-50,53-54,61-66H,19-20,29-32,35-46H2,1-18H3/t53-,54-,61+,62+,63+,64+,65-,66-/m1/s1. The van der Waals surface area contributed by atoms with E-state index in [1.54, 1.807) is 0 Å². The second-order valence-electron chi connectivity index (χ2n) is 25.7. The summed E-state index contributed by atoms with van der Waals surface area (Å²) >= 11 is 0. The van der Waals surface area contributed by atoms with Gasteiger partial charge in [0, 0.05) is 61.7 Å². The van der Waals surface area contributed by atoms with Crippen LogP contribution in [-0.4, -0.2) is 169 Å². The van der Waals surface area contributed by atoms with Crippen LogP contribution >= 0.6 is 0 Å². The topological polar surface area (TPSA) is 85.5 Å². The number of ether oxygens (including phenoxy) is 4. The van der Waals surface area contributed by atoms with Crippen molar-refractivity contribution < 1.29 is 18.9 Å². The number of nitrogens with zero attached hydrogens (tertiary/aromatic N) is 8. The smallest absolute Gasteiger partial charge is 0.0743 e. The van der Waals surface area contributed by atoms with E-state index in [2.05, 4.69) is 215 Å². The molecule has 0 radical (unpaired) electrons. The van der Waals surface area contributed by atoms with Crippen molar-refractivity contribution in [2.75, 3.05) is 80.8 Å². The Bertz CT molecular complexity index is 2240. The highest BCUT2D eigenvalue weighted by molar-refractivity contribution is 5.25. The van der Waals surface area contributed by atoms with E-state index in [-0.39, 0.29) is 48.6 Å². The van der Waals surface area contributed by atoms with Crippen molar-refractivity contribution in [3.63, 3.8) is 0 Å². The molecule has 12 nitrogen and oxygen atoms in total. The van der Waals surface area contributed by atoms with Crippen LogP contribution in [-0.2, 0) is 57.7 Å². The number of hydrogen-bond donors (Lipinski definition) is 0. The van der Waals surface area contributed by atoms with Crippen molar-refractivity contribution in [3.05, 3.63) is 106 Å². The van der Waals surface area contributed by atoms with E-state index < -0.39 is 0 Å². The Morgan fingerprint density at radius 3 is 1.18 bits per heavy atom. The first kappa shape index (κ1) is 65.4. The Morgan fingerprint density at radius 1 is 0.462 bits per heavy atom. The van der Waals surface area contributed by atoms with E-state index in [1.165, 1.54) is 33.6 Å². The molecule has 1 saturated heterocycles. The molecule has 0 unspecified atom stereocenters. The first-order valence-corrected chi connectivity index (χ1v) is 30.6. The molecule has 0 aliphatic carbocycles. The van der Waals surface area contributed by atoms with Gasteiger partial charge in [0.2, 0.25) is 0 Å². The fourth-order valence-electron chi connectivity index (χ4n) is 11.6. The lowest BCUT2D eigenvalue weighted by Crippen LogP contribution is -2.47. The van der Waals surface area contributed by atoms with E-state index in [4.69, 9.17) is 29.1 Å². The lowest BCUT2D eigenvalue weighted by atomic mass is 10.0. The van der Waals surface area contributed by atoms with E-state index in [0.717, 1.165) is 102 Å². The Hall–Kier alpha value is -3.46. The van der Waals surface area contributed by atoms with E-state index >= 15 is 0 Å². The van der Waals surface area contributed by atoms with Crippen LogP contribution in [0.15, 0.2) is 60.7 Å². The molecule has 440 valence electrons. The number of hydrogen-bond acceptors (Lipinski definition) is 10. The van der Waals surface area contributed by atoms with Gasteiger partial charge < -0.3 is 18.9 Å². The van der Waals surface area contributed by atoms with Crippen LogP contribution in [0.2, 0.25) is 0 Å². The largest absolute Gasteiger partial charge is 0.376 e. The van der Waals surface area contributed by atoms with Gasteiger partial charge in [-0.15, -0.1) is 0 Å². The maximum Gasteiger partial charge on any atom is 0.0743 e. The zero-order chi connectivity index (χ0) is 57.1. The fourth-order valence-corrected chi connectivity index (χ4v) is 11.6. The molecule has 1 aliphatic rings. The molecule has 0 saturated carbocycles. The minimum atomic E-state index is 0.000229. The van der Waals surface area contributed by atoms with Crippen LogP contribution in [0.5, 0.6) is 0 Å². The Balaban J connectivity index is 1.41. The molecule has 3 heterocycles. The van der Waals surface area contributed by atoms with Crippen LogP contribution in [0.4, 0.5) is 0 Å². The quantitative estimate of drug-likeness (QED) is 0.0960. The molecular formula is C66H112N8O4. The molecule has 4 aromatic rings. The van der Waals surface area contributed by atoms with Crippen LogP contribution in [0.3, 0.4) is 0 Å². The Kier molecular flexibility index (Phi) is 27.5. The van der Waals surface area contributed by atoms with Crippen molar-refractivity contribution in [1.82, 2.24) is 39.2 Å².